The first-order valence-electron chi connectivity index (χ1n) is 9.60. The van der Waals surface area contributed by atoms with E-state index in [1.807, 2.05) is 31.2 Å². The standard InChI is InChI=1S/C21H26O9Te/c1-11-6-8-16(9-7-11)31-21-20(29-15(5)25)19(28-14(4)24)18(27-13(3)23)17(30-21)10-26-12(2)22/h6-9,17-21H,10H2,1-5H3/t17-,18+,19+,20-,21+/m1/s1. The maximum absolute atomic E-state index is 11.8. The van der Waals surface area contributed by atoms with Crippen molar-refractivity contribution in [3.8, 4) is 0 Å². The summed E-state index contributed by atoms with van der Waals surface area (Å²) in [5.41, 5.74) is 1.10. The van der Waals surface area contributed by atoms with Crippen molar-refractivity contribution < 1.29 is 42.9 Å². The molecule has 0 saturated carbocycles. The Balaban J connectivity index is 2.43. The van der Waals surface area contributed by atoms with E-state index in [1.165, 1.54) is 27.7 Å². The van der Waals surface area contributed by atoms with Crippen LogP contribution in [-0.4, -0.2) is 80.0 Å². The first-order valence-corrected chi connectivity index (χ1v) is 12.1. The summed E-state index contributed by atoms with van der Waals surface area (Å²) in [6, 6.07) is 7.86. The number of aryl methyl sites for hydroxylation is 1. The van der Waals surface area contributed by atoms with E-state index in [9.17, 15) is 19.2 Å². The van der Waals surface area contributed by atoms with E-state index < -0.39 is 73.4 Å². The molecule has 0 aromatic heterocycles. The van der Waals surface area contributed by atoms with Crippen LogP contribution in [0.4, 0.5) is 0 Å². The summed E-state index contributed by atoms with van der Waals surface area (Å²) in [5.74, 6) is -2.41. The van der Waals surface area contributed by atoms with E-state index in [0.717, 1.165) is 9.17 Å². The zero-order valence-corrected chi connectivity index (χ0v) is 20.3. The predicted molar refractivity (Wildman–Crippen MR) is 109 cm³/mol. The number of carbonyl (C=O) groups is 4. The Morgan fingerprint density at radius 2 is 1.32 bits per heavy atom. The van der Waals surface area contributed by atoms with Gasteiger partial charge in [0.2, 0.25) is 0 Å². The van der Waals surface area contributed by atoms with E-state index in [-0.39, 0.29) is 6.61 Å². The molecule has 0 spiro atoms. The number of hydrogen-bond acceptors (Lipinski definition) is 9. The van der Waals surface area contributed by atoms with Gasteiger partial charge < -0.3 is 0 Å². The molecule has 31 heavy (non-hydrogen) atoms. The van der Waals surface area contributed by atoms with E-state index in [2.05, 4.69) is 0 Å². The SMILES string of the molecule is CC(=O)OC[C@H]1O[C@@H]([Te]c2ccc(C)cc2)[C@H](OC(C)=O)[C@@H](OC(C)=O)[C@H]1OC(C)=O. The molecule has 170 valence electrons. The molecule has 1 aliphatic rings. The number of carbonyl (C=O) groups excluding carboxylic acids is 4. The van der Waals surface area contributed by atoms with Crippen LogP contribution in [-0.2, 0) is 42.9 Å². The van der Waals surface area contributed by atoms with Crippen LogP contribution < -0.4 is 3.61 Å². The minimum atomic E-state index is -1.12. The van der Waals surface area contributed by atoms with Crippen LogP contribution in [0.25, 0.3) is 0 Å². The molecule has 0 aliphatic carbocycles. The van der Waals surface area contributed by atoms with Crippen molar-refractivity contribution in [3.05, 3.63) is 29.8 Å². The van der Waals surface area contributed by atoms with Gasteiger partial charge in [-0.2, -0.15) is 0 Å². The molecule has 1 saturated heterocycles. The van der Waals surface area contributed by atoms with Gasteiger partial charge in [-0.15, -0.1) is 0 Å². The van der Waals surface area contributed by atoms with E-state index in [4.69, 9.17) is 23.7 Å². The van der Waals surface area contributed by atoms with Crippen LogP contribution in [0.1, 0.15) is 33.3 Å². The fourth-order valence-electron chi connectivity index (χ4n) is 3.03. The second kappa shape index (κ2) is 11.5. The molecule has 1 aromatic carbocycles. The third kappa shape index (κ3) is 7.80. The third-order valence-electron chi connectivity index (χ3n) is 4.22. The molecule has 0 radical (unpaired) electrons. The second-order valence-corrected chi connectivity index (χ2v) is 10.3. The molecule has 9 nitrogen and oxygen atoms in total. The molecule has 1 heterocycles. The van der Waals surface area contributed by atoms with Crippen LogP contribution in [0.3, 0.4) is 0 Å². The number of rotatable bonds is 7. The van der Waals surface area contributed by atoms with Gasteiger partial charge in [0, 0.05) is 0 Å². The normalized spacial score (nSPS) is 25.3. The molecule has 0 bridgehead atoms. The average molecular weight is 550 g/mol. The fourth-order valence-corrected chi connectivity index (χ4v) is 6.19. The summed E-state index contributed by atoms with van der Waals surface area (Å²) in [5, 5.41) is 0. The molecule has 10 heteroatoms. The number of esters is 4. The molecule has 1 fully saturated rings. The molecule has 5 atom stereocenters. The van der Waals surface area contributed by atoms with Gasteiger partial charge in [0.05, 0.1) is 0 Å². The zero-order chi connectivity index (χ0) is 23.1. The van der Waals surface area contributed by atoms with E-state index in [1.54, 1.807) is 0 Å². The van der Waals surface area contributed by atoms with Crippen molar-refractivity contribution >= 4 is 48.4 Å². The van der Waals surface area contributed by atoms with E-state index in [0.29, 0.717) is 0 Å². The summed E-state index contributed by atoms with van der Waals surface area (Å²) < 4.78 is 27.9. The van der Waals surface area contributed by atoms with Crippen molar-refractivity contribution in [2.75, 3.05) is 6.61 Å². The van der Waals surface area contributed by atoms with Gasteiger partial charge in [0.15, 0.2) is 0 Å². The number of benzene rings is 1. The molecular weight excluding hydrogens is 524 g/mol. The fraction of sp³-hybridized carbons (Fsp3) is 0.524. The zero-order valence-electron chi connectivity index (χ0n) is 18.0. The molecule has 0 N–H and O–H groups in total. The van der Waals surface area contributed by atoms with Gasteiger partial charge in [-0.3, -0.25) is 0 Å². The monoisotopic (exact) mass is 552 g/mol. The maximum atomic E-state index is 11.8. The summed E-state index contributed by atoms with van der Waals surface area (Å²) in [6.07, 6.45) is -4.11. The molecule has 0 amide bonds. The van der Waals surface area contributed by atoms with Crippen molar-refractivity contribution in [2.24, 2.45) is 0 Å². The van der Waals surface area contributed by atoms with Crippen molar-refractivity contribution in [3.63, 3.8) is 0 Å². The van der Waals surface area contributed by atoms with Crippen LogP contribution in [0, 0.1) is 6.92 Å². The summed E-state index contributed by atoms with van der Waals surface area (Å²) in [4.78, 5) is 46.8. The van der Waals surface area contributed by atoms with Crippen molar-refractivity contribution in [1.29, 1.82) is 0 Å². The minimum absolute atomic E-state index is 0.213. The summed E-state index contributed by atoms with van der Waals surface area (Å²) in [7, 11) is 0. The van der Waals surface area contributed by atoms with Crippen LogP contribution in [0.15, 0.2) is 24.3 Å². The summed E-state index contributed by atoms with van der Waals surface area (Å²) >= 11 is -1.12. The Morgan fingerprint density at radius 3 is 1.84 bits per heavy atom. The van der Waals surface area contributed by atoms with Crippen molar-refractivity contribution in [2.45, 2.75) is 63.2 Å². The Kier molecular flexibility index (Phi) is 9.29. The van der Waals surface area contributed by atoms with Crippen LogP contribution >= 0.6 is 0 Å². The molecule has 0 unspecified atom stereocenters. The average Bonchev–Trinajstić information content (AvgIpc) is 2.65. The number of ether oxygens (including phenoxy) is 5. The van der Waals surface area contributed by atoms with Gasteiger partial charge >= 0.3 is 191 Å². The molecule has 2 rings (SSSR count). The van der Waals surface area contributed by atoms with Gasteiger partial charge in [-0.1, -0.05) is 0 Å². The first-order chi connectivity index (χ1) is 14.6. The predicted octanol–water partition coefficient (Wildman–Crippen LogP) is 0.408. The van der Waals surface area contributed by atoms with Crippen LogP contribution in [0.2, 0.25) is 0 Å². The Morgan fingerprint density at radius 1 is 0.806 bits per heavy atom. The number of hydrogen-bond donors (Lipinski definition) is 0. The van der Waals surface area contributed by atoms with Gasteiger partial charge in [0.1, 0.15) is 0 Å². The van der Waals surface area contributed by atoms with E-state index >= 15 is 0 Å². The third-order valence-corrected chi connectivity index (χ3v) is 7.52. The van der Waals surface area contributed by atoms with Crippen molar-refractivity contribution in [1.82, 2.24) is 0 Å². The first kappa shape index (κ1) is 25.1. The van der Waals surface area contributed by atoms with Crippen LogP contribution in [0.5, 0.6) is 0 Å². The molecular formula is C21H26O9Te. The Bertz CT molecular complexity index is 808. The molecule has 1 aromatic rings. The van der Waals surface area contributed by atoms with Gasteiger partial charge in [-0.25, -0.2) is 0 Å². The van der Waals surface area contributed by atoms with Gasteiger partial charge in [0.25, 0.3) is 0 Å². The Hall–Kier alpha value is -2.15. The summed E-state index contributed by atoms with van der Waals surface area (Å²) in [6.45, 7) is 6.64. The topological polar surface area (TPSA) is 114 Å². The Labute approximate surface area is 190 Å². The second-order valence-electron chi connectivity index (χ2n) is 7.00. The van der Waals surface area contributed by atoms with Gasteiger partial charge in [-0.05, 0) is 0 Å². The molecule has 1 aliphatic heterocycles. The quantitative estimate of drug-likeness (QED) is 0.271.